The molecule has 0 saturated carbocycles. The quantitative estimate of drug-likeness (QED) is 0.729. The number of hydrogen-bond donors (Lipinski definition) is 3. The van der Waals surface area contributed by atoms with Gasteiger partial charge in [0.2, 0.25) is 5.91 Å². The number of carbonyl (C=O) groups is 2. The number of rotatable bonds is 5. The molecule has 3 N–H and O–H groups in total. The first-order chi connectivity index (χ1) is 10.5. The van der Waals surface area contributed by atoms with Crippen molar-refractivity contribution in [2.24, 2.45) is 0 Å². The molecule has 1 fully saturated rings. The number of piperidine rings is 1. The van der Waals surface area contributed by atoms with Crippen molar-refractivity contribution >= 4 is 17.5 Å². The van der Waals surface area contributed by atoms with E-state index in [2.05, 4.69) is 22.5 Å². The summed E-state index contributed by atoms with van der Waals surface area (Å²) in [6, 6.07) is 6.88. The first-order valence-electron chi connectivity index (χ1n) is 7.61. The summed E-state index contributed by atoms with van der Waals surface area (Å²) in [7, 11) is 0. The van der Waals surface area contributed by atoms with Gasteiger partial charge in [-0.2, -0.15) is 0 Å². The largest absolute Gasteiger partial charge is 0.349 e. The van der Waals surface area contributed by atoms with E-state index in [1.165, 1.54) is 0 Å². The summed E-state index contributed by atoms with van der Waals surface area (Å²) in [5, 5.41) is 8.91. The van der Waals surface area contributed by atoms with Crippen LogP contribution in [0.3, 0.4) is 0 Å². The molecule has 5 heteroatoms. The highest BCUT2D eigenvalue weighted by Crippen LogP contribution is 2.21. The molecule has 1 heterocycles. The molecule has 5 nitrogen and oxygen atoms in total. The number of nitrogens with one attached hydrogen (secondary N) is 3. The Labute approximate surface area is 131 Å². The zero-order valence-corrected chi connectivity index (χ0v) is 12.9. The SMILES string of the molecule is C=CCNC(=O)c1ccc(NC(=O)C2(C)CCCCN2)cc1. The van der Waals surface area contributed by atoms with Crippen LogP contribution in [0.25, 0.3) is 0 Å². The topological polar surface area (TPSA) is 70.2 Å². The van der Waals surface area contributed by atoms with Crippen LogP contribution in [0.4, 0.5) is 5.69 Å². The van der Waals surface area contributed by atoms with Crippen LogP contribution in [0.1, 0.15) is 36.5 Å². The Morgan fingerprint density at radius 1 is 1.32 bits per heavy atom. The Balaban J connectivity index is 1.97. The van der Waals surface area contributed by atoms with Gasteiger partial charge in [0.25, 0.3) is 5.91 Å². The second kappa shape index (κ2) is 7.22. The molecule has 1 aliphatic heterocycles. The van der Waals surface area contributed by atoms with Crippen molar-refractivity contribution in [1.82, 2.24) is 10.6 Å². The molecule has 1 atom stereocenters. The summed E-state index contributed by atoms with van der Waals surface area (Å²) in [4.78, 5) is 24.2. The molecule has 1 unspecified atom stereocenters. The molecule has 2 rings (SSSR count). The maximum atomic E-state index is 12.4. The van der Waals surface area contributed by atoms with Crippen molar-refractivity contribution in [3.8, 4) is 0 Å². The van der Waals surface area contributed by atoms with Crippen LogP contribution in [0.2, 0.25) is 0 Å². The van der Waals surface area contributed by atoms with E-state index in [0.717, 1.165) is 25.8 Å². The number of amides is 2. The summed E-state index contributed by atoms with van der Waals surface area (Å²) < 4.78 is 0. The molecule has 0 aliphatic carbocycles. The average molecular weight is 301 g/mol. The lowest BCUT2D eigenvalue weighted by atomic mass is 9.90. The Morgan fingerprint density at radius 3 is 2.64 bits per heavy atom. The van der Waals surface area contributed by atoms with E-state index in [0.29, 0.717) is 17.8 Å². The minimum atomic E-state index is -0.516. The molecule has 1 saturated heterocycles. The molecule has 0 aromatic heterocycles. The summed E-state index contributed by atoms with van der Waals surface area (Å²) in [6.07, 6.45) is 4.63. The highest BCUT2D eigenvalue weighted by molar-refractivity contribution is 5.99. The van der Waals surface area contributed by atoms with E-state index in [1.807, 2.05) is 6.92 Å². The van der Waals surface area contributed by atoms with Gasteiger partial charge in [-0.15, -0.1) is 6.58 Å². The minimum Gasteiger partial charge on any atom is -0.349 e. The monoisotopic (exact) mass is 301 g/mol. The van der Waals surface area contributed by atoms with Crippen molar-refractivity contribution in [3.05, 3.63) is 42.5 Å². The normalized spacial score (nSPS) is 21.0. The molecule has 118 valence electrons. The van der Waals surface area contributed by atoms with Gasteiger partial charge < -0.3 is 16.0 Å². The van der Waals surface area contributed by atoms with E-state index in [9.17, 15) is 9.59 Å². The lowest BCUT2D eigenvalue weighted by Crippen LogP contribution is -2.54. The van der Waals surface area contributed by atoms with Crippen molar-refractivity contribution in [1.29, 1.82) is 0 Å². The van der Waals surface area contributed by atoms with E-state index < -0.39 is 5.54 Å². The number of anilines is 1. The van der Waals surface area contributed by atoms with Crippen LogP contribution in [-0.2, 0) is 4.79 Å². The van der Waals surface area contributed by atoms with Crippen molar-refractivity contribution in [2.75, 3.05) is 18.4 Å². The van der Waals surface area contributed by atoms with Crippen LogP contribution in [0, 0.1) is 0 Å². The van der Waals surface area contributed by atoms with Crippen LogP contribution in [-0.4, -0.2) is 30.4 Å². The van der Waals surface area contributed by atoms with Crippen LogP contribution >= 0.6 is 0 Å². The fourth-order valence-corrected chi connectivity index (χ4v) is 2.49. The smallest absolute Gasteiger partial charge is 0.251 e. The molecule has 0 spiro atoms. The fraction of sp³-hybridized carbons (Fsp3) is 0.412. The van der Waals surface area contributed by atoms with E-state index in [1.54, 1.807) is 30.3 Å². The average Bonchev–Trinajstić information content (AvgIpc) is 2.54. The zero-order valence-electron chi connectivity index (χ0n) is 12.9. The third-order valence-electron chi connectivity index (χ3n) is 3.93. The maximum absolute atomic E-state index is 12.4. The Hall–Kier alpha value is -2.14. The number of benzene rings is 1. The summed E-state index contributed by atoms with van der Waals surface area (Å²) >= 11 is 0. The second-order valence-corrected chi connectivity index (χ2v) is 5.75. The molecule has 2 amide bonds. The highest BCUT2D eigenvalue weighted by atomic mass is 16.2. The standard InChI is InChI=1S/C17H23N3O2/c1-3-11-18-15(21)13-6-8-14(9-7-13)20-16(22)17(2)10-4-5-12-19-17/h3,6-9,19H,1,4-5,10-12H2,2H3,(H,18,21)(H,20,22). The van der Waals surface area contributed by atoms with Crippen LogP contribution in [0.15, 0.2) is 36.9 Å². The summed E-state index contributed by atoms with van der Waals surface area (Å²) in [5.41, 5.74) is 0.735. The Morgan fingerprint density at radius 2 is 2.05 bits per heavy atom. The molecular weight excluding hydrogens is 278 g/mol. The highest BCUT2D eigenvalue weighted by Gasteiger charge is 2.34. The van der Waals surface area contributed by atoms with Gasteiger partial charge >= 0.3 is 0 Å². The number of carbonyl (C=O) groups excluding carboxylic acids is 2. The third-order valence-corrected chi connectivity index (χ3v) is 3.93. The molecule has 22 heavy (non-hydrogen) atoms. The van der Waals surface area contributed by atoms with Gasteiger partial charge in [-0.1, -0.05) is 6.08 Å². The van der Waals surface area contributed by atoms with Gasteiger partial charge in [-0.25, -0.2) is 0 Å². The maximum Gasteiger partial charge on any atom is 0.251 e. The lowest BCUT2D eigenvalue weighted by Gasteiger charge is -2.33. The Bertz CT molecular complexity index is 546. The molecule has 1 aromatic carbocycles. The first-order valence-corrected chi connectivity index (χ1v) is 7.61. The van der Waals surface area contributed by atoms with Gasteiger partial charge in [0, 0.05) is 17.8 Å². The van der Waals surface area contributed by atoms with E-state index >= 15 is 0 Å². The van der Waals surface area contributed by atoms with Gasteiger partial charge in [0.05, 0.1) is 5.54 Å². The van der Waals surface area contributed by atoms with Crippen molar-refractivity contribution in [3.63, 3.8) is 0 Å². The molecule has 1 aliphatic rings. The van der Waals surface area contributed by atoms with Crippen LogP contribution < -0.4 is 16.0 Å². The van der Waals surface area contributed by atoms with E-state index in [-0.39, 0.29) is 11.8 Å². The van der Waals surface area contributed by atoms with Crippen molar-refractivity contribution < 1.29 is 9.59 Å². The van der Waals surface area contributed by atoms with Gasteiger partial charge in [0.1, 0.15) is 0 Å². The molecular formula is C17H23N3O2. The molecule has 1 aromatic rings. The minimum absolute atomic E-state index is 0.0314. The zero-order chi connectivity index (χ0) is 16.0. The van der Waals surface area contributed by atoms with Gasteiger partial charge in [0.15, 0.2) is 0 Å². The number of hydrogen-bond acceptors (Lipinski definition) is 3. The predicted octanol–water partition coefficient (Wildman–Crippen LogP) is 2.07. The lowest BCUT2D eigenvalue weighted by molar-refractivity contribution is -0.122. The first kappa shape index (κ1) is 16.2. The van der Waals surface area contributed by atoms with Gasteiger partial charge in [-0.3, -0.25) is 9.59 Å². The third kappa shape index (κ3) is 3.95. The molecule has 0 radical (unpaired) electrons. The van der Waals surface area contributed by atoms with Crippen LogP contribution in [0.5, 0.6) is 0 Å². The van der Waals surface area contributed by atoms with Gasteiger partial charge in [-0.05, 0) is 57.0 Å². The summed E-state index contributed by atoms with van der Waals surface area (Å²) in [6.45, 7) is 6.78. The summed E-state index contributed by atoms with van der Waals surface area (Å²) in [5.74, 6) is -0.185. The van der Waals surface area contributed by atoms with Crippen molar-refractivity contribution in [2.45, 2.75) is 31.7 Å². The Kier molecular flexibility index (Phi) is 5.33. The predicted molar refractivity (Wildman–Crippen MR) is 87.9 cm³/mol. The van der Waals surface area contributed by atoms with E-state index in [4.69, 9.17) is 0 Å². The molecule has 0 bridgehead atoms. The fourth-order valence-electron chi connectivity index (χ4n) is 2.49. The second-order valence-electron chi connectivity index (χ2n) is 5.75.